The van der Waals surface area contributed by atoms with Gasteiger partial charge in [0.1, 0.15) is 23.6 Å². The van der Waals surface area contributed by atoms with E-state index in [1.54, 1.807) is 18.3 Å². The van der Waals surface area contributed by atoms with E-state index in [1.165, 1.54) is 4.90 Å². The third kappa shape index (κ3) is 3.77. The lowest BCUT2D eigenvalue weighted by atomic mass is 9.99. The number of nitrogens with zero attached hydrogens (tertiary/aromatic N) is 4. The SMILES string of the molecule is CCCN(CCN)C1NN2C=C(C#N)N(C)C(=O)C2=C1Cc1ccccc1Cl. The molecular weight excluding hydrogens is 376 g/mol. The molecule has 0 fully saturated rings. The normalized spacial score (nSPS) is 19.2. The number of hydrazine groups is 1. The molecule has 0 radical (unpaired) electrons. The van der Waals surface area contributed by atoms with Crippen LogP contribution in [0.4, 0.5) is 0 Å². The summed E-state index contributed by atoms with van der Waals surface area (Å²) in [7, 11) is 1.62. The molecule has 0 saturated heterocycles. The van der Waals surface area contributed by atoms with Crippen LogP contribution < -0.4 is 11.2 Å². The zero-order valence-electron chi connectivity index (χ0n) is 16.2. The van der Waals surface area contributed by atoms with Crippen LogP contribution in [0.3, 0.4) is 0 Å². The van der Waals surface area contributed by atoms with Gasteiger partial charge in [-0.3, -0.25) is 19.6 Å². The number of allylic oxidation sites excluding steroid dienone is 1. The second-order valence-corrected chi connectivity index (χ2v) is 7.27. The van der Waals surface area contributed by atoms with Crippen molar-refractivity contribution in [3.05, 3.63) is 58.0 Å². The zero-order valence-corrected chi connectivity index (χ0v) is 16.9. The van der Waals surface area contributed by atoms with Crippen molar-refractivity contribution in [2.24, 2.45) is 5.73 Å². The summed E-state index contributed by atoms with van der Waals surface area (Å²) in [4.78, 5) is 16.7. The van der Waals surface area contributed by atoms with Gasteiger partial charge in [-0.25, -0.2) is 5.43 Å². The number of carbonyl (C=O) groups excluding carboxylic acids is 1. The summed E-state index contributed by atoms with van der Waals surface area (Å²) in [5.41, 5.74) is 11.9. The van der Waals surface area contributed by atoms with E-state index in [0.29, 0.717) is 35.9 Å². The molecule has 7 nitrogen and oxygen atoms in total. The second-order valence-electron chi connectivity index (χ2n) is 6.86. The van der Waals surface area contributed by atoms with E-state index in [2.05, 4.69) is 23.3 Å². The number of carbonyl (C=O) groups is 1. The third-order valence-electron chi connectivity index (χ3n) is 5.00. The molecule has 0 aromatic heterocycles. The van der Waals surface area contributed by atoms with Crippen LogP contribution in [0.15, 0.2) is 47.4 Å². The first-order chi connectivity index (χ1) is 13.5. The minimum atomic E-state index is -0.208. The summed E-state index contributed by atoms with van der Waals surface area (Å²) in [5, 5.41) is 11.7. The van der Waals surface area contributed by atoms with E-state index in [9.17, 15) is 10.1 Å². The Morgan fingerprint density at radius 3 is 2.75 bits per heavy atom. The van der Waals surface area contributed by atoms with Crippen molar-refractivity contribution in [1.29, 1.82) is 5.26 Å². The molecule has 1 amide bonds. The number of benzene rings is 1. The van der Waals surface area contributed by atoms with E-state index in [1.807, 2.05) is 24.3 Å². The molecule has 3 N–H and O–H groups in total. The summed E-state index contributed by atoms with van der Waals surface area (Å²) in [6, 6.07) is 9.72. The van der Waals surface area contributed by atoms with Crippen LogP contribution in [0.1, 0.15) is 18.9 Å². The van der Waals surface area contributed by atoms with E-state index < -0.39 is 0 Å². The molecule has 3 rings (SSSR count). The first-order valence-electron chi connectivity index (χ1n) is 9.37. The van der Waals surface area contributed by atoms with Gasteiger partial charge in [-0.1, -0.05) is 36.7 Å². The van der Waals surface area contributed by atoms with Gasteiger partial charge in [-0.05, 0) is 30.2 Å². The van der Waals surface area contributed by atoms with Crippen molar-refractivity contribution in [3.8, 4) is 6.07 Å². The fourth-order valence-corrected chi connectivity index (χ4v) is 3.84. The minimum absolute atomic E-state index is 0.193. The molecule has 2 aliphatic heterocycles. The Morgan fingerprint density at radius 1 is 1.36 bits per heavy atom. The lowest BCUT2D eigenvalue weighted by molar-refractivity contribution is -0.126. The molecule has 2 heterocycles. The maximum atomic E-state index is 13.1. The average molecular weight is 401 g/mol. The number of nitrogens with one attached hydrogen (secondary N) is 1. The largest absolute Gasteiger partial charge is 0.329 e. The van der Waals surface area contributed by atoms with Gasteiger partial charge >= 0.3 is 0 Å². The fraction of sp³-hybridized carbons (Fsp3) is 0.400. The third-order valence-corrected chi connectivity index (χ3v) is 5.37. The molecule has 28 heavy (non-hydrogen) atoms. The van der Waals surface area contributed by atoms with Crippen molar-refractivity contribution < 1.29 is 4.79 Å². The molecular formula is C20H25ClN6O. The summed E-state index contributed by atoms with van der Waals surface area (Å²) in [5.74, 6) is -0.208. The average Bonchev–Trinajstić information content (AvgIpc) is 3.04. The molecule has 0 bridgehead atoms. The highest BCUT2D eigenvalue weighted by atomic mass is 35.5. The van der Waals surface area contributed by atoms with Gasteiger partial charge in [0, 0.05) is 31.6 Å². The summed E-state index contributed by atoms with van der Waals surface area (Å²) in [6.07, 6.45) is 2.96. The first kappa shape index (κ1) is 20.4. The molecule has 2 aliphatic rings. The molecule has 0 spiro atoms. The van der Waals surface area contributed by atoms with E-state index in [4.69, 9.17) is 17.3 Å². The van der Waals surface area contributed by atoms with Gasteiger partial charge in [0.15, 0.2) is 0 Å². The molecule has 8 heteroatoms. The molecule has 1 aromatic rings. The van der Waals surface area contributed by atoms with Crippen LogP contribution in [0.25, 0.3) is 0 Å². The number of likely N-dealkylation sites (N-methyl/N-ethyl adjacent to an activating group) is 1. The Bertz CT molecular complexity index is 852. The number of nitriles is 1. The van der Waals surface area contributed by atoms with Crippen LogP contribution in [-0.4, -0.2) is 53.6 Å². The van der Waals surface area contributed by atoms with Crippen molar-refractivity contribution in [2.45, 2.75) is 25.9 Å². The van der Waals surface area contributed by atoms with Crippen LogP contribution >= 0.6 is 11.6 Å². The van der Waals surface area contributed by atoms with E-state index >= 15 is 0 Å². The van der Waals surface area contributed by atoms with Gasteiger partial charge in [-0.2, -0.15) is 5.26 Å². The van der Waals surface area contributed by atoms with Gasteiger partial charge < -0.3 is 5.73 Å². The Kier molecular flexibility index (Phi) is 6.37. The number of nitrogens with two attached hydrogens (primary N) is 1. The van der Waals surface area contributed by atoms with Gasteiger partial charge in [0.25, 0.3) is 5.91 Å². The Morgan fingerprint density at radius 2 is 2.11 bits per heavy atom. The van der Waals surface area contributed by atoms with Crippen LogP contribution in [0.5, 0.6) is 0 Å². The lowest BCUT2D eigenvalue weighted by Gasteiger charge is -2.31. The van der Waals surface area contributed by atoms with Crippen molar-refractivity contribution in [2.75, 3.05) is 26.7 Å². The summed E-state index contributed by atoms with van der Waals surface area (Å²) >= 11 is 6.40. The van der Waals surface area contributed by atoms with Crippen LogP contribution in [0.2, 0.25) is 5.02 Å². The lowest BCUT2D eigenvalue weighted by Crippen LogP contribution is -2.50. The van der Waals surface area contributed by atoms with Gasteiger partial charge in [0.2, 0.25) is 0 Å². The number of hydrogen-bond donors (Lipinski definition) is 2. The quantitative estimate of drug-likeness (QED) is 0.725. The maximum absolute atomic E-state index is 13.1. The predicted molar refractivity (Wildman–Crippen MR) is 108 cm³/mol. The molecule has 1 unspecified atom stereocenters. The molecule has 1 aromatic carbocycles. The maximum Gasteiger partial charge on any atom is 0.276 e. The highest BCUT2D eigenvalue weighted by Crippen LogP contribution is 2.33. The predicted octanol–water partition coefficient (Wildman–Crippen LogP) is 1.79. The summed E-state index contributed by atoms with van der Waals surface area (Å²) in [6.45, 7) is 4.15. The van der Waals surface area contributed by atoms with Crippen molar-refractivity contribution >= 4 is 17.5 Å². The first-order valence-corrected chi connectivity index (χ1v) is 9.75. The van der Waals surface area contributed by atoms with Crippen LogP contribution in [0, 0.1) is 11.3 Å². The zero-order chi connectivity index (χ0) is 20.3. The number of halogens is 1. The topological polar surface area (TPSA) is 88.6 Å². The monoisotopic (exact) mass is 400 g/mol. The fourth-order valence-electron chi connectivity index (χ4n) is 3.63. The summed E-state index contributed by atoms with van der Waals surface area (Å²) < 4.78 is 0. The number of amides is 1. The Labute approximate surface area is 170 Å². The Hall–Kier alpha value is -2.37. The molecule has 1 atom stereocenters. The number of rotatable bonds is 7. The van der Waals surface area contributed by atoms with E-state index in [0.717, 1.165) is 24.1 Å². The Balaban J connectivity index is 2.08. The molecule has 148 valence electrons. The standard InChI is InChI=1S/C20H25ClN6O/c1-3-9-26(10-8-22)19-16(11-14-6-4-5-7-17(14)21)18-20(28)25(2)15(12-23)13-27(18)24-19/h4-7,13,19,24H,3,8-11,22H2,1-2H3. The van der Waals surface area contributed by atoms with Crippen LogP contribution in [-0.2, 0) is 11.2 Å². The number of fused-ring (bicyclic) bond motifs is 1. The second kappa shape index (κ2) is 8.76. The van der Waals surface area contributed by atoms with Gasteiger partial charge in [-0.15, -0.1) is 0 Å². The van der Waals surface area contributed by atoms with Crippen molar-refractivity contribution in [3.63, 3.8) is 0 Å². The highest BCUT2D eigenvalue weighted by molar-refractivity contribution is 6.31. The van der Waals surface area contributed by atoms with Gasteiger partial charge in [0.05, 0.1) is 6.20 Å². The smallest absolute Gasteiger partial charge is 0.276 e. The highest BCUT2D eigenvalue weighted by Gasteiger charge is 2.41. The molecule has 0 aliphatic carbocycles. The van der Waals surface area contributed by atoms with Crippen molar-refractivity contribution in [1.82, 2.24) is 20.2 Å². The number of hydrogen-bond acceptors (Lipinski definition) is 6. The molecule has 0 saturated carbocycles. The van der Waals surface area contributed by atoms with E-state index in [-0.39, 0.29) is 12.1 Å². The minimum Gasteiger partial charge on any atom is -0.329 e.